The average molecular weight is 267 g/mol. The second kappa shape index (κ2) is 7.23. The molecule has 0 unspecified atom stereocenters. The molecule has 0 amide bonds. The number of benzene rings is 1. The van der Waals surface area contributed by atoms with Crippen molar-refractivity contribution in [3.05, 3.63) is 35.9 Å². The fourth-order valence-electron chi connectivity index (χ4n) is 1.95. The van der Waals surface area contributed by atoms with Crippen LogP contribution in [0.1, 0.15) is 12.0 Å². The van der Waals surface area contributed by atoms with Crippen LogP contribution >= 0.6 is 0 Å². The van der Waals surface area contributed by atoms with Crippen molar-refractivity contribution >= 4 is 5.97 Å². The topological polar surface area (TPSA) is 70.8 Å². The minimum Gasteiger partial charge on any atom is -0.468 e. The highest BCUT2D eigenvalue weighted by atomic mass is 16.7. The van der Waals surface area contributed by atoms with Crippen molar-refractivity contribution in [1.29, 1.82) is 0 Å². The van der Waals surface area contributed by atoms with E-state index in [4.69, 9.17) is 19.9 Å². The van der Waals surface area contributed by atoms with E-state index in [-0.39, 0.29) is 6.42 Å². The number of esters is 1. The number of methoxy groups -OCH3 is 3. The Balaban J connectivity index is 2.89. The van der Waals surface area contributed by atoms with Gasteiger partial charge < -0.3 is 19.9 Å². The number of carbonyl (C=O) groups excluding carboxylic acids is 1. The van der Waals surface area contributed by atoms with Crippen LogP contribution in [-0.4, -0.2) is 39.1 Å². The van der Waals surface area contributed by atoms with Gasteiger partial charge in [-0.2, -0.15) is 0 Å². The Labute approximate surface area is 113 Å². The Bertz CT molecular complexity index is 392. The number of hydrogen-bond donors (Lipinski definition) is 1. The molecule has 2 N–H and O–H groups in total. The van der Waals surface area contributed by atoms with Crippen LogP contribution in [0.2, 0.25) is 0 Å². The zero-order chi connectivity index (χ0) is 14.3. The molecule has 0 radical (unpaired) electrons. The molecule has 0 aliphatic rings. The van der Waals surface area contributed by atoms with Crippen LogP contribution in [0, 0.1) is 0 Å². The van der Waals surface area contributed by atoms with Crippen molar-refractivity contribution in [2.45, 2.75) is 24.7 Å². The SMILES string of the molecule is COC(=O)[C@](N)(Cc1ccccc1)CC(OC)OC. The monoisotopic (exact) mass is 267 g/mol. The molecule has 0 fully saturated rings. The molecule has 0 aliphatic heterocycles. The molecule has 0 saturated heterocycles. The van der Waals surface area contributed by atoms with Crippen LogP contribution in [0.25, 0.3) is 0 Å². The lowest BCUT2D eigenvalue weighted by atomic mass is 9.88. The summed E-state index contributed by atoms with van der Waals surface area (Å²) in [5.74, 6) is -0.476. The summed E-state index contributed by atoms with van der Waals surface area (Å²) in [6, 6.07) is 9.54. The summed E-state index contributed by atoms with van der Waals surface area (Å²) < 4.78 is 15.0. The van der Waals surface area contributed by atoms with Crippen LogP contribution < -0.4 is 5.73 Å². The van der Waals surface area contributed by atoms with Crippen molar-refractivity contribution in [1.82, 2.24) is 0 Å². The third kappa shape index (κ3) is 4.31. The molecular formula is C14H21NO4. The molecule has 1 aromatic rings. The van der Waals surface area contributed by atoms with E-state index in [1.807, 2.05) is 30.3 Å². The summed E-state index contributed by atoms with van der Waals surface area (Å²) in [6.07, 6.45) is 0.0403. The molecule has 1 atom stereocenters. The van der Waals surface area contributed by atoms with Gasteiger partial charge in [0.25, 0.3) is 0 Å². The van der Waals surface area contributed by atoms with E-state index in [0.717, 1.165) is 5.56 Å². The smallest absolute Gasteiger partial charge is 0.326 e. The summed E-state index contributed by atoms with van der Waals surface area (Å²) >= 11 is 0. The van der Waals surface area contributed by atoms with Crippen molar-refractivity contribution < 1.29 is 19.0 Å². The van der Waals surface area contributed by atoms with Crippen LogP contribution in [0.4, 0.5) is 0 Å². The highest BCUT2D eigenvalue weighted by molar-refractivity contribution is 5.81. The van der Waals surface area contributed by atoms with Crippen molar-refractivity contribution in [3.63, 3.8) is 0 Å². The van der Waals surface area contributed by atoms with E-state index in [0.29, 0.717) is 6.42 Å². The molecule has 1 rings (SSSR count). The van der Waals surface area contributed by atoms with Gasteiger partial charge in [0.2, 0.25) is 0 Å². The molecule has 1 aromatic carbocycles. The number of carbonyl (C=O) groups is 1. The van der Waals surface area contributed by atoms with Crippen LogP contribution in [0.15, 0.2) is 30.3 Å². The van der Waals surface area contributed by atoms with Gasteiger partial charge in [0.15, 0.2) is 6.29 Å². The maximum absolute atomic E-state index is 11.9. The third-order valence-electron chi connectivity index (χ3n) is 3.01. The first-order chi connectivity index (χ1) is 9.05. The summed E-state index contributed by atoms with van der Waals surface area (Å²) in [6.45, 7) is 0. The fourth-order valence-corrected chi connectivity index (χ4v) is 1.95. The molecule has 106 valence electrons. The van der Waals surface area contributed by atoms with Gasteiger partial charge >= 0.3 is 5.97 Å². The van der Waals surface area contributed by atoms with Crippen molar-refractivity contribution in [2.24, 2.45) is 5.73 Å². The van der Waals surface area contributed by atoms with E-state index in [2.05, 4.69) is 0 Å². The van der Waals surface area contributed by atoms with E-state index in [1.54, 1.807) is 0 Å². The predicted molar refractivity (Wildman–Crippen MR) is 71.5 cm³/mol. The first-order valence-corrected chi connectivity index (χ1v) is 6.02. The maximum atomic E-state index is 11.9. The van der Waals surface area contributed by atoms with Gasteiger partial charge in [-0.25, -0.2) is 0 Å². The van der Waals surface area contributed by atoms with Gasteiger partial charge in [0.1, 0.15) is 5.54 Å². The van der Waals surface area contributed by atoms with Crippen molar-refractivity contribution in [2.75, 3.05) is 21.3 Å². The molecule has 5 heteroatoms. The molecule has 0 aliphatic carbocycles. The predicted octanol–water partition coefficient (Wildman–Crippen LogP) is 1.11. The van der Waals surface area contributed by atoms with E-state index in [9.17, 15) is 4.79 Å². The molecule has 0 spiro atoms. The van der Waals surface area contributed by atoms with Crippen LogP contribution in [-0.2, 0) is 25.4 Å². The van der Waals surface area contributed by atoms with Gasteiger partial charge in [-0.15, -0.1) is 0 Å². The number of nitrogens with two attached hydrogens (primary N) is 1. The largest absolute Gasteiger partial charge is 0.468 e. The number of rotatable bonds is 7. The molecule has 19 heavy (non-hydrogen) atoms. The molecule has 0 heterocycles. The minimum atomic E-state index is -1.17. The lowest BCUT2D eigenvalue weighted by Gasteiger charge is -2.29. The molecule has 0 saturated carbocycles. The Morgan fingerprint density at radius 3 is 2.26 bits per heavy atom. The lowest BCUT2D eigenvalue weighted by molar-refractivity contribution is -0.156. The second-order valence-corrected chi connectivity index (χ2v) is 4.42. The van der Waals surface area contributed by atoms with E-state index >= 15 is 0 Å². The summed E-state index contributed by atoms with van der Waals surface area (Å²) in [5, 5.41) is 0. The highest BCUT2D eigenvalue weighted by Crippen LogP contribution is 2.20. The van der Waals surface area contributed by atoms with Crippen LogP contribution in [0.3, 0.4) is 0 Å². The zero-order valence-corrected chi connectivity index (χ0v) is 11.6. The van der Waals surface area contributed by atoms with Gasteiger partial charge in [0, 0.05) is 27.1 Å². The first-order valence-electron chi connectivity index (χ1n) is 6.02. The summed E-state index contributed by atoms with van der Waals surface area (Å²) in [5.41, 5.74) is 5.99. The zero-order valence-electron chi connectivity index (χ0n) is 11.6. The Morgan fingerprint density at radius 2 is 1.79 bits per heavy atom. The van der Waals surface area contributed by atoms with Gasteiger partial charge in [-0.1, -0.05) is 30.3 Å². The van der Waals surface area contributed by atoms with Gasteiger partial charge in [-0.3, -0.25) is 4.79 Å². The average Bonchev–Trinajstić information content (AvgIpc) is 2.44. The van der Waals surface area contributed by atoms with Gasteiger partial charge in [0.05, 0.1) is 7.11 Å². The van der Waals surface area contributed by atoms with E-state index in [1.165, 1.54) is 21.3 Å². The van der Waals surface area contributed by atoms with Crippen LogP contribution in [0.5, 0.6) is 0 Å². The highest BCUT2D eigenvalue weighted by Gasteiger charge is 2.38. The quantitative estimate of drug-likeness (QED) is 0.592. The number of hydrogen-bond acceptors (Lipinski definition) is 5. The minimum absolute atomic E-state index is 0.224. The fraction of sp³-hybridized carbons (Fsp3) is 0.500. The maximum Gasteiger partial charge on any atom is 0.326 e. The standard InChI is InChI=1S/C14H21NO4/c1-17-12(18-2)10-14(15,13(16)19-3)9-11-7-5-4-6-8-11/h4-8,12H,9-10,15H2,1-3H3/t14-/m0/s1. The van der Waals surface area contributed by atoms with Gasteiger partial charge in [-0.05, 0) is 5.56 Å². The Kier molecular flexibility index (Phi) is 5.95. The molecule has 5 nitrogen and oxygen atoms in total. The summed E-state index contributed by atoms with van der Waals surface area (Å²) in [4.78, 5) is 11.9. The third-order valence-corrected chi connectivity index (χ3v) is 3.01. The lowest BCUT2D eigenvalue weighted by Crippen LogP contribution is -2.53. The normalized spacial score (nSPS) is 14.2. The molecular weight excluding hydrogens is 246 g/mol. The summed E-state index contributed by atoms with van der Waals surface area (Å²) in [7, 11) is 4.34. The Morgan fingerprint density at radius 1 is 1.21 bits per heavy atom. The van der Waals surface area contributed by atoms with Crippen molar-refractivity contribution in [3.8, 4) is 0 Å². The van der Waals surface area contributed by atoms with E-state index < -0.39 is 17.8 Å². The molecule has 0 bridgehead atoms. The first kappa shape index (κ1) is 15.6. The Hall–Kier alpha value is -1.43. The molecule has 0 aromatic heterocycles. The number of ether oxygens (including phenoxy) is 3. The second-order valence-electron chi connectivity index (χ2n) is 4.42.